The summed E-state index contributed by atoms with van der Waals surface area (Å²) in [6, 6.07) is 10.9. The van der Waals surface area contributed by atoms with Gasteiger partial charge < -0.3 is 9.47 Å². The van der Waals surface area contributed by atoms with Crippen LogP contribution in [0.15, 0.2) is 53.7 Å². The zero-order chi connectivity index (χ0) is 22.9. The monoisotopic (exact) mass is 447 g/mol. The zero-order valence-corrected chi connectivity index (χ0v) is 18.4. The fourth-order valence-corrected chi connectivity index (χ4v) is 4.70. The van der Waals surface area contributed by atoms with Crippen molar-refractivity contribution in [3.8, 4) is 11.5 Å². The number of hydrogen-bond donors (Lipinski definition) is 1. The van der Waals surface area contributed by atoms with Gasteiger partial charge in [0, 0.05) is 17.2 Å². The first-order chi connectivity index (χ1) is 15.8. The van der Waals surface area contributed by atoms with Crippen LogP contribution in [0.5, 0.6) is 11.5 Å². The third kappa shape index (κ3) is 2.99. The number of fused-ring (bicyclic) bond motifs is 3. The fourth-order valence-electron chi connectivity index (χ4n) is 4.70. The second-order valence-electron chi connectivity index (χ2n) is 9.31. The summed E-state index contributed by atoms with van der Waals surface area (Å²) in [6.45, 7) is 6.34. The number of nitrogens with one attached hydrogen (secondary N) is 1. The van der Waals surface area contributed by atoms with Gasteiger partial charge in [0.1, 0.15) is 17.7 Å². The second-order valence-corrected chi connectivity index (χ2v) is 9.31. The molecule has 4 heterocycles. The summed E-state index contributed by atoms with van der Waals surface area (Å²) in [5.74, 6) is 1.94. The molecule has 33 heavy (non-hydrogen) atoms. The van der Waals surface area contributed by atoms with E-state index in [-0.39, 0.29) is 30.1 Å². The van der Waals surface area contributed by atoms with Crippen molar-refractivity contribution in [1.82, 2.24) is 15.1 Å². The Morgan fingerprint density at radius 1 is 1.09 bits per heavy atom. The standard InChI is InChI=1S/C24H22FN5O3/c1-24(2,3)30-22-16(11-26-30)19(13-4-9-17-18(10-13)33-12-32-17)20-21(27-22)28-23(31)29(20)15-7-5-14(25)6-8-15/h4-11,19-20H,12H2,1-3H3,(H,27,28,31)/t19-,20+/m1/s1. The molecule has 3 aliphatic heterocycles. The van der Waals surface area contributed by atoms with Gasteiger partial charge in [-0.1, -0.05) is 6.07 Å². The van der Waals surface area contributed by atoms with Crippen LogP contribution in [0.4, 0.5) is 20.7 Å². The molecule has 0 bridgehead atoms. The zero-order valence-electron chi connectivity index (χ0n) is 18.4. The van der Waals surface area contributed by atoms with Gasteiger partial charge in [-0.05, 0) is 62.7 Å². The normalized spacial score (nSPS) is 20.9. The van der Waals surface area contributed by atoms with Crippen LogP contribution >= 0.6 is 0 Å². The lowest BCUT2D eigenvalue weighted by Gasteiger charge is -2.33. The van der Waals surface area contributed by atoms with E-state index in [9.17, 15) is 9.18 Å². The van der Waals surface area contributed by atoms with Crippen molar-refractivity contribution in [3.05, 3.63) is 65.6 Å². The maximum absolute atomic E-state index is 13.6. The maximum Gasteiger partial charge on any atom is 0.328 e. The quantitative estimate of drug-likeness (QED) is 0.636. The second kappa shape index (κ2) is 6.81. The topological polar surface area (TPSA) is 81.0 Å². The van der Waals surface area contributed by atoms with Crippen LogP contribution in [0.25, 0.3) is 0 Å². The van der Waals surface area contributed by atoms with Crippen molar-refractivity contribution < 1.29 is 18.7 Å². The van der Waals surface area contributed by atoms with Crippen molar-refractivity contribution in [1.29, 1.82) is 0 Å². The van der Waals surface area contributed by atoms with Crippen LogP contribution in [0.1, 0.15) is 37.8 Å². The van der Waals surface area contributed by atoms with Crippen LogP contribution in [-0.4, -0.2) is 34.5 Å². The number of halogens is 1. The van der Waals surface area contributed by atoms with E-state index in [0.29, 0.717) is 28.8 Å². The Kier molecular flexibility index (Phi) is 4.08. The first-order valence-corrected chi connectivity index (χ1v) is 10.7. The van der Waals surface area contributed by atoms with Gasteiger partial charge >= 0.3 is 6.03 Å². The minimum absolute atomic E-state index is 0.175. The number of carbonyl (C=O) groups is 1. The lowest BCUT2D eigenvalue weighted by Crippen LogP contribution is -2.42. The molecule has 8 nitrogen and oxygen atoms in total. The molecule has 0 saturated carbocycles. The number of benzene rings is 2. The summed E-state index contributed by atoms with van der Waals surface area (Å²) in [5, 5.41) is 7.57. The van der Waals surface area contributed by atoms with Crippen LogP contribution in [0, 0.1) is 5.82 Å². The van der Waals surface area contributed by atoms with Gasteiger partial charge in [-0.15, -0.1) is 0 Å². The Morgan fingerprint density at radius 3 is 2.61 bits per heavy atom. The number of amides is 2. The Hall–Kier alpha value is -3.88. The van der Waals surface area contributed by atoms with Gasteiger partial charge in [-0.3, -0.25) is 10.2 Å². The number of urea groups is 1. The average molecular weight is 447 g/mol. The number of aliphatic imine (C=N–C) groups is 1. The van der Waals surface area contributed by atoms with Gasteiger partial charge in [0.05, 0.1) is 11.7 Å². The van der Waals surface area contributed by atoms with Crippen LogP contribution in [0.3, 0.4) is 0 Å². The van der Waals surface area contributed by atoms with E-state index < -0.39 is 6.04 Å². The number of ether oxygens (including phenoxy) is 2. The van der Waals surface area contributed by atoms with Crippen LogP contribution in [0.2, 0.25) is 0 Å². The first-order valence-electron chi connectivity index (χ1n) is 10.7. The molecule has 1 fully saturated rings. The molecule has 9 heteroatoms. The molecular formula is C24H22FN5O3. The summed E-state index contributed by atoms with van der Waals surface area (Å²) in [7, 11) is 0. The molecule has 0 spiro atoms. The maximum atomic E-state index is 13.6. The Balaban J connectivity index is 1.55. The van der Waals surface area contributed by atoms with Gasteiger partial charge in [0.2, 0.25) is 6.79 Å². The lowest BCUT2D eigenvalue weighted by atomic mass is 9.83. The predicted molar refractivity (Wildman–Crippen MR) is 120 cm³/mol. The van der Waals surface area contributed by atoms with E-state index >= 15 is 0 Å². The number of carbonyl (C=O) groups excluding carboxylic acids is 1. The Bertz CT molecular complexity index is 1310. The summed E-state index contributed by atoms with van der Waals surface area (Å²) in [6.07, 6.45) is 1.82. The van der Waals surface area contributed by atoms with E-state index in [0.717, 1.165) is 11.1 Å². The molecule has 2 amide bonds. The third-order valence-corrected chi connectivity index (χ3v) is 6.16. The number of nitrogens with zero attached hydrogens (tertiary/aromatic N) is 4. The molecule has 6 rings (SSSR count). The number of hydrogen-bond acceptors (Lipinski definition) is 5. The molecule has 3 aliphatic rings. The molecule has 2 atom stereocenters. The van der Waals surface area contributed by atoms with E-state index in [4.69, 9.17) is 14.5 Å². The lowest BCUT2D eigenvalue weighted by molar-refractivity contribution is 0.174. The smallest absolute Gasteiger partial charge is 0.328 e. The van der Waals surface area contributed by atoms with E-state index in [1.807, 2.05) is 29.1 Å². The molecular weight excluding hydrogens is 425 g/mol. The Labute approximate surface area is 189 Å². The van der Waals surface area contributed by atoms with E-state index in [2.05, 4.69) is 31.2 Å². The van der Waals surface area contributed by atoms with Gasteiger partial charge in [0.25, 0.3) is 0 Å². The number of amidine groups is 1. The van der Waals surface area contributed by atoms with Crippen LogP contribution in [-0.2, 0) is 5.54 Å². The molecule has 1 N–H and O–H groups in total. The molecule has 0 unspecified atom stereocenters. The number of aromatic nitrogens is 2. The minimum atomic E-state index is -0.451. The van der Waals surface area contributed by atoms with Crippen LogP contribution < -0.4 is 19.7 Å². The Morgan fingerprint density at radius 2 is 1.85 bits per heavy atom. The molecule has 3 aromatic rings. The molecule has 2 aromatic carbocycles. The van der Waals surface area contributed by atoms with Gasteiger partial charge in [-0.2, -0.15) is 5.10 Å². The highest BCUT2D eigenvalue weighted by atomic mass is 19.1. The largest absolute Gasteiger partial charge is 0.454 e. The molecule has 0 aliphatic carbocycles. The van der Waals surface area contributed by atoms with Crippen molar-refractivity contribution in [2.45, 2.75) is 38.3 Å². The SMILES string of the molecule is CC(C)(C)n1ncc2c1N=C1NC(=O)N(c3ccc(F)cc3)[C@H]1[C@@H]2c1ccc2c(c1)OCO2. The third-order valence-electron chi connectivity index (χ3n) is 6.16. The summed E-state index contributed by atoms with van der Waals surface area (Å²) >= 11 is 0. The van der Waals surface area contributed by atoms with E-state index in [1.165, 1.54) is 12.1 Å². The van der Waals surface area contributed by atoms with Crippen molar-refractivity contribution in [2.24, 2.45) is 4.99 Å². The highest BCUT2D eigenvalue weighted by Crippen LogP contribution is 2.46. The molecule has 0 radical (unpaired) electrons. The average Bonchev–Trinajstić information content (AvgIpc) is 3.48. The highest BCUT2D eigenvalue weighted by Gasteiger charge is 2.48. The summed E-state index contributed by atoms with van der Waals surface area (Å²) in [4.78, 5) is 19.6. The van der Waals surface area contributed by atoms with Crippen molar-refractivity contribution in [2.75, 3.05) is 11.7 Å². The molecule has 1 saturated heterocycles. The fraction of sp³-hybridized carbons (Fsp3) is 0.292. The van der Waals surface area contributed by atoms with Gasteiger partial charge in [-0.25, -0.2) is 18.9 Å². The number of rotatable bonds is 2. The first kappa shape index (κ1) is 19.8. The van der Waals surface area contributed by atoms with Gasteiger partial charge in [0.15, 0.2) is 17.3 Å². The summed E-state index contributed by atoms with van der Waals surface area (Å²) < 4.78 is 26.6. The van der Waals surface area contributed by atoms with Crippen molar-refractivity contribution in [3.63, 3.8) is 0 Å². The minimum Gasteiger partial charge on any atom is -0.454 e. The molecule has 1 aromatic heterocycles. The summed E-state index contributed by atoms with van der Waals surface area (Å²) in [5.41, 5.74) is 2.13. The molecule has 168 valence electrons. The highest BCUT2D eigenvalue weighted by molar-refractivity contribution is 6.18. The van der Waals surface area contributed by atoms with E-state index in [1.54, 1.807) is 17.0 Å². The van der Waals surface area contributed by atoms with Crippen molar-refractivity contribution >= 4 is 23.4 Å². The number of anilines is 1. The predicted octanol–water partition coefficient (Wildman–Crippen LogP) is 4.28.